The van der Waals surface area contributed by atoms with Crippen LogP contribution in [-0.2, 0) is 17.6 Å². The normalized spacial score (nSPS) is 14.0. The van der Waals surface area contributed by atoms with Gasteiger partial charge >= 0.3 is 0 Å². The number of nitrogens with one attached hydrogen (secondary N) is 1. The van der Waals surface area contributed by atoms with E-state index in [9.17, 15) is 4.79 Å². The second kappa shape index (κ2) is 7.20. The highest BCUT2D eigenvalue weighted by atomic mass is 16.5. The smallest absolute Gasteiger partial charge is 0.258 e. The van der Waals surface area contributed by atoms with E-state index < -0.39 is 0 Å². The molecule has 0 aliphatic heterocycles. The first-order chi connectivity index (χ1) is 12.7. The Morgan fingerprint density at radius 2 is 1.85 bits per heavy atom. The van der Waals surface area contributed by atoms with Crippen LogP contribution in [0.15, 0.2) is 60.7 Å². The maximum atomic E-state index is 12.3. The summed E-state index contributed by atoms with van der Waals surface area (Å²) >= 11 is 0. The molecular weight excluding hydrogens is 322 g/mol. The molecule has 3 nitrogen and oxygen atoms in total. The van der Waals surface area contributed by atoms with Crippen molar-refractivity contribution in [2.24, 2.45) is 0 Å². The summed E-state index contributed by atoms with van der Waals surface area (Å²) in [6, 6.07) is 20.5. The minimum absolute atomic E-state index is 0.0172. The molecule has 1 amide bonds. The van der Waals surface area contributed by atoms with Crippen LogP contribution in [0.5, 0.6) is 5.75 Å². The number of hydrogen-bond acceptors (Lipinski definition) is 2. The van der Waals surface area contributed by atoms with Gasteiger partial charge in [-0.1, -0.05) is 54.6 Å². The first kappa shape index (κ1) is 16.6. The summed E-state index contributed by atoms with van der Waals surface area (Å²) in [6.45, 7) is 2.04. The Kier molecular flexibility index (Phi) is 4.61. The highest BCUT2D eigenvalue weighted by molar-refractivity contribution is 5.88. The zero-order chi connectivity index (χ0) is 17.9. The number of carbonyl (C=O) groups is 1. The van der Waals surface area contributed by atoms with Crippen molar-refractivity contribution in [2.45, 2.75) is 32.2 Å². The summed E-state index contributed by atoms with van der Waals surface area (Å²) in [6.07, 6.45) is 3.56. The fourth-order valence-corrected chi connectivity index (χ4v) is 3.69. The minimum atomic E-state index is -0.106. The minimum Gasteiger partial charge on any atom is -0.483 e. The Hall–Kier alpha value is -2.81. The Labute approximate surface area is 154 Å². The van der Waals surface area contributed by atoms with Gasteiger partial charge in [0.2, 0.25) is 0 Å². The molecule has 1 N–H and O–H groups in total. The zero-order valence-corrected chi connectivity index (χ0v) is 15.0. The molecule has 3 heteroatoms. The van der Waals surface area contributed by atoms with Gasteiger partial charge in [0.05, 0.1) is 6.04 Å². The predicted octanol–water partition coefficient (Wildman–Crippen LogP) is 4.58. The number of fused-ring (bicyclic) bond motifs is 2. The van der Waals surface area contributed by atoms with Gasteiger partial charge in [0.25, 0.3) is 5.91 Å². The first-order valence-electron chi connectivity index (χ1n) is 9.22. The fourth-order valence-electron chi connectivity index (χ4n) is 3.69. The van der Waals surface area contributed by atoms with E-state index in [1.807, 2.05) is 49.4 Å². The molecule has 0 unspecified atom stereocenters. The van der Waals surface area contributed by atoms with Crippen LogP contribution in [0.3, 0.4) is 0 Å². The topological polar surface area (TPSA) is 38.3 Å². The van der Waals surface area contributed by atoms with Gasteiger partial charge in [-0.15, -0.1) is 0 Å². The van der Waals surface area contributed by atoms with E-state index in [1.165, 1.54) is 24.0 Å². The van der Waals surface area contributed by atoms with Crippen molar-refractivity contribution in [1.82, 2.24) is 5.32 Å². The highest BCUT2D eigenvalue weighted by Crippen LogP contribution is 2.26. The monoisotopic (exact) mass is 345 g/mol. The Morgan fingerprint density at radius 1 is 1.04 bits per heavy atom. The average Bonchev–Trinajstić information content (AvgIpc) is 3.14. The molecule has 0 fully saturated rings. The molecule has 0 radical (unpaired) electrons. The maximum absolute atomic E-state index is 12.3. The molecule has 26 heavy (non-hydrogen) atoms. The lowest BCUT2D eigenvalue weighted by Crippen LogP contribution is -2.31. The van der Waals surface area contributed by atoms with Crippen LogP contribution in [0.2, 0.25) is 0 Å². The van der Waals surface area contributed by atoms with E-state index in [2.05, 4.69) is 23.5 Å². The van der Waals surface area contributed by atoms with Crippen molar-refractivity contribution >= 4 is 16.7 Å². The van der Waals surface area contributed by atoms with Gasteiger partial charge in [-0.2, -0.15) is 0 Å². The summed E-state index contributed by atoms with van der Waals surface area (Å²) in [4.78, 5) is 12.3. The summed E-state index contributed by atoms with van der Waals surface area (Å²) in [7, 11) is 0. The summed E-state index contributed by atoms with van der Waals surface area (Å²) in [5, 5.41) is 5.17. The van der Waals surface area contributed by atoms with Crippen LogP contribution in [0.1, 0.15) is 36.1 Å². The SMILES string of the molecule is C[C@H](NC(=O)COc1cccc2ccccc12)c1ccc2c(c1)CCC2. The van der Waals surface area contributed by atoms with Gasteiger partial charge in [-0.05, 0) is 54.3 Å². The van der Waals surface area contributed by atoms with Crippen molar-refractivity contribution in [1.29, 1.82) is 0 Å². The van der Waals surface area contributed by atoms with Crippen molar-refractivity contribution in [3.05, 3.63) is 77.4 Å². The third-order valence-corrected chi connectivity index (χ3v) is 5.11. The molecule has 0 saturated heterocycles. The van der Waals surface area contributed by atoms with Gasteiger partial charge in [0, 0.05) is 5.39 Å². The van der Waals surface area contributed by atoms with Gasteiger partial charge < -0.3 is 10.1 Å². The molecule has 0 bridgehead atoms. The van der Waals surface area contributed by atoms with E-state index in [-0.39, 0.29) is 18.6 Å². The van der Waals surface area contributed by atoms with Crippen LogP contribution >= 0.6 is 0 Å². The molecule has 4 rings (SSSR count). The van der Waals surface area contributed by atoms with Crippen molar-refractivity contribution < 1.29 is 9.53 Å². The zero-order valence-electron chi connectivity index (χ0n) is 15.0. The molecule has 3 aromatic carbocycles. The molecule has 0 aromatic heterocycles. The second-order valence-corrected chi connectivity index (χ2v) is 6.94. The summed E-state index contributed by atoms with van der Waals surface area (Å²) < 4.78 is 5.78. The first-order valence-corrected chi connectivity index (χ1v) is 9.22. The Balaban J connectivity index is 1.39. The molecular formula is C23H23NO2. The number of carbonyl (C=O) groups excluding carboxylic acids is 1. The van der Waals surface area contributed by atoms with Gasteiger partial charge in [0.15, 0.2) is 6.61 Å². The number of ether oxygens (including phenoxy) is 1. The van der Waals surface area contributed by atoms with Gasteiger partial charge in [-0.3, -0.25) is 4.79 Å². The standard InChI is InChI=1S/C23H23NO2/c1-16(19-13-12-17-7-4-9-20(17)14-19)24-23(25)15-26-22-11-5-8-18-6-2-3-10-21(18)22/h2-3,5-6,8,10-14,16H,4,7,9,15H2,1H3,(H,24,25)/t16-/m0/s1. The molecule has 1 atom stereocenters. The summed E-state index contributed by atoms with van der Waals surface area (Å²) in [5.74, 6) is 0.634. The average molecular weight is 345 g/mol. The highest BCUT2D eigenvalue weighted by Gasteiger charge is 2.15. The lowest BCUT2D eigenvalue weighted by atomic mass is 10.0. The van der Waals surface area contributed by atoms with Crippen LogP contribution in [0.4, 0.5) is 0 Å². The molecule has 1 aliphatic rings. The number of hydrogen-bond donors (Lipinski definition) is 1. The predicted molar refractivity (Wildman–Crippen MR) is 104 cm³/mol. The fraction of sp³-hybridized carbons (Fsp3) is 0.261. The molecule has 0 saturated carbocycles. The van der Waals surface area contributed by atoms with Crippen molar-refractivity contribution in [3.63, 3.8) is 0 Å². The van der Waals surface area contributed by atoms with Crippen molar-refractivity contribution in [3.8, 4) is 5.75 Å². The van der Waals surface area contributed by atoms with E-state index >= 15 is 0 Å². The van der Waals surface area contributed by atoms with Crippen molar-refractivity contribution in [2.75, 3.05) is 6.61 Å². The summed E-state index contributed by atoms with van der Waals surface area (Å²) in [5.41, 5.74) is 4.03. The van der Waals surface area contributed by atoms with Crippen LogP contribution in [0.25, 0.3) is 10.8 Å². The van der Waals surface area contributed by atoms with E-state index in [4.69, 9.17) is 4.74 Å². The largest absolute Gasteiger partial charge is 0.483 e. The molecule has 1 aliphatic carbocycles. The molecule has 0 spiro atoms. The quantitative estimate of drug-likeness (QED) is 0.735. The maximum Gasteiger partial charge on any atom is 0.258 e. The van der Waals surface area contributed by atoms with Crippen LogP contribution < -0.4 is 10.1 Å². The van der Waals surface area contributed by atoms with E-state index in [0.29, 0.717) is 0 Å². The number of amides is 1. The Morgan fingerprint density at radius 3 is 2.77 bits per heavy atom. The number of benzene rings is 3. The molecule has 3 aromatic rings. The third kappa shape index (κ3) is 3.43. The number of aryl methyl sites for hydroxylation is 2. The van der Waals surface area contributed by atoms with E-state index in [1.54, 1.807) is 0 Å². The lowest BCUT2D eigenvalue weighted by molar-refractivity contribution is -0.123. The Bertz CT molecular complexity index is 943. The van der Waals surface area contributed by atoms with Crippen LogP contribution in [-0.4, -0.2) is 12.5 Å². The van der Waals surface area contributed by atoms with E-state index in [0.717, 1.165) is 28.5 Å². The lowest BCUT2D eigenvalue weighted by Gasteiger charge is -2.16. The second-order valence-electron chi connectivity index (χ2n) is 6.94. The van der Waals surface area contributed by atoms with Gasteiger partial charge in [0.1, 0.15) is 5.75 Å². The number of rotatable bonds is 5. The molecule has 132 valence electrons. The van der Waals surface area contributed by atoms with Gasteiger partial charge in [-0.25, -0.2) is 0 Å². The molecule has 0 heterocycles. The third-order valence-electron chi connectivity index (χ3n) is 5.11. The van der Waals surface area contributed by atoms with Crippen LogP contribution in [0, 0.1) is 0 Å².